The number of aromatic amines is 1. The van der Waals surface area contributed by atoms with Crippen LogP contribution in [0.5, 0.6) is 0 Å². The molecular formula is C20H23N5OS. The molecule has 1 amide bonds. The predicted octanol–water partition coefficient (Wildman–Crippen LogP) is 3.27. The number of carbonyl (C=O) groups is 1. The Morgan fingerprint density at radius 3 is 2.74 bits per heavy atom. The summed E-state index contributed by atoms with van der Waals surface area (Å²) in [4.78, 5) is 20.3. The Labute approximate surface area is 162 Å². The van der Waals surface area contributed by atoms with Crippen LogP contribution in [0.25, 0.3) is 10.4 Å². The second-order valence-electron chi connectivity index (χ2n) is 7.16. The van der Waals surface area contributed by atoms with Gasteiger partial charge in [0, 0.05) is 44.0 Å². The first-order valence-electron chi connectivity index (χ1n) is 9.17. The van der Waals surface area contributed by atoms with Gasteiger partial charge in [-0.1, -0.05) is 24.3 Å². The van der Waals surface area contributed by atoms with Gasteiger partial charge in [-0.2, -0.15) is 5.10 Å². The summed E-state index contributed by atoms with van der Waals surface area (Å²) < 4.78 is 0. The molecule has 27 heavy (non-hydrogen) atoms. The number of rotatable bonds is 6. The molecule has 1 aliphatic heterocycles. The van der Waals surface area contributed by atoms with Crippen LogP contribution in [-0.4, -0.2) is 45.1 Å². The van der Waals surface area contributed by atoms with Gasteiger partial charge in [0.05, 0.1) is 9.88 Å². The molecule has 0 radical (unpaired) electrons. The van der Waals surface area contributed by atoms with Crippen molar-refractivity contribution in [3.8, 4) is 10.4 Å². The second-order valence-corrected chi connectivity index (χ2v) is 8.22. The molecule has 0 bridgehead atoms. The average molecular weight is 382 g/mol. The molecule has 0 saturated carbocycles. The lowest BCUT2D eigenvalue weighted by Crippen LogP contribution is -2.48. The number of nitrogens with zero attached hydrogens (tertiary/aromatic N) is 3. The summed E-state index contributed by atoms with van der Waals surface area (Å²) in [6.07, 6.45) is 3.55. The second kappa shape index (κ2) is 7.62. The normalized spacial score (nSPS) is 15.1. The molecule has 3 heterocycles. The number of carbonyl (C=O) groups excluding carboxylic acids is 1. The number of aromatic nitrogens is 3. The Hall–Kier alpha value is -2.51. The van der Waals surface area contributed by atoms with Crippen molar-refractivity contribution in [1.29, 1.82) is 0 Å². The van der Waals surface area contributed by atoms with E-state index in [1.54, 1.807) is 23.6 Å². The smallest absolute Gasteiger partial charge is 0.269 e. The van der Waals surface area contributed by atoms with Crippen LogP contribution in [0.3, 0.4) is 0 Å². The molecule has 2 N–H and O–H groups in total. The largest absolute Gasteiger partial charge is 0.347 e. The molecule has 6 nitrogen and oxygen atoms in total. The lowest BCUT2D eigenvalue weighted by molar-refractivity contribution is 0.0946. The molecule has 1 aromatic carbocycles. The number of nitrogens with one attached hydrogen (secondary N) is 2. The van der Waals surface area contributed by atoms with Gasteiger partial charge in [0.1, 0.15) is 5.69 Å². The van der Waals surface area contributed by atoms with Crippen LogP contribution in [0.2, 0.25) is 0 Å². The zero-order valence-corrected chi connectivity index (χ0v) is 16.3. The van der Waals surface area contributed by atoms with Crippen molar-refractivity contribution in [3.05, 3.63) is 59.0 Å². The van der Waals surface area contributed by atoms with E-state index >= 15 is 0 Å². The third-order valence-electron chi connectivity index (χ3n) is 4.95. The summed E-state index contributed by atoms with van der Waals surface area (Å²) in [7, 11) is 0. The Morgan fingerprint density at radius 2 is 2.07 bits per heavy atom. The average Bonchev–Trinajstić information content (AvgIpc) is 3.31. The fourth-order valence-corrected chi connectivity index (χ4v) is 4.15. The summed E-state index contributed by atoms with van der Waals surface area (Å²) in [5.74, 6) is 0.419. The van der Waals surface area contributed by atoms with Crippen LogP contribution in [-0.2, 0) is 6.54 Å². The van der Waals surface area contributed by atoms with Gasteiger partial charge in [0.15, 0.2) is 0 Å². The summed E-state index contributed by atoms with van der Waals surface area (Å²) >= 11 is 1.79. The van der Waals surface area contributed by atoms with Crippen LogP contribution < -0.4 is 5.32 Å². The van der Waals surface area contributed by atoms with E-state index in [0.717, 1.165) is 18.7 Å². The molecule has 7 heteroatoms. The van der Waals surface area contributed by atoms with Crippen molar-refractivity contribution in [2.75, 3.05) is 13.1 Å². The Morgan fingerprint density at radius 1 is 1.30 bits per heavy atom. The number of benzene rings is 1. The Bertz CT molecular complexity index is 895. The lowest BCUT2D eigenvalue weighted by Gasteiger charge is -2.41. The van der Waals surface area contributed by atoms with Gasteiger partial charge in [-0.15, -0.1) is 11.3 Å². The van der Waals surface area contributed by atoms with E-state index in [9.17, 15) is 4.79 Å². The summed E-state index contributed by atoms with van der Waals surface area (Å²) in [6.45, 7) is 7.18. The molecule has 4 rings (SSSR count). The minimum Gasteiger partial charge on any atom is -0.347 e. The van der Waals surface area contributed by atoms with E-state index in [2.05, 4.69) is 51.4 Å². The van der Waals surface area contributed by atoms with E-state index in [1.807, 2.05) is 18.3 Å². The van der Waals surface area contributed by atoms with Gasteiger partial charge in [-0.25, -0.2) is 4.98 Å². The third kappa shape index (κ3) is 3.94. The Balaban J connectivity index is 1.35. The number of H-pyrrole nitrogens is 1. The molecule has 0 spiro atoms. The highest BCUT2D eigenvalue weighted by molar-refractivity contribution is 7.15. The lowest BCUT2D eigenvalue weighted by atomic mass is 9.99. The van der Waals surface area contributed by atoms with Gasteiger partial charge < -0.3 is 5.32 Å². The van der Waals surface area contributed by atoms with Crippen LogP contribution in [0.1, 0.15) is 40.8 Å². The third-order valence-corrected chi connectivity index (χ3v) is 6.16. The number of thiazole rings is 1. The number of amides is 1. The minimum absolute atomic E-state index is 0.153. The molecule has 0 atom stereocenters. The molecule has 140 valence electrons. The highest BCUT2D eigenvalue weighted by Crippen LogP contribution is 2.35. The monoisotopic (exact) mass is 381 g/mol. The first kappa shape index (κ1) is 17.9. The summed E-state index contributed by atoms with van der Waals surface area (Å²) in [5, 5.41) is 10.6. The van der Waals surface area contributed by atoms with Gasteiger partial charge in [0.2, 0.25) is 0 Å². The minimum atomic E-state index is -0.153. The first-order valence-corrected chi connectivity index (χ1v) is 9.98. The van der Waals surface area contributed by atoms with Gasteiger partial charge in [0.25, 0.3) is 5.91 Å². The molecule has 1 aliphatic rings. The van der Waals surface area contributed by atoms with E-state index in [-0.39, 0.29) is 5.91 Å². The topological polar surface area (TPSA) is 73.9 Å². The van der Waals surface area contributed by atoms with Gasteiger partial charge >= 0.3 is 0 Å². The highest BCUT2D eigenvalue weighted by atomic mass is 32.1. The molecular weight excluding hydrogens is 358 g/mol. The summed E-state index contributed by atoms with van der Waals surface area (Å²) in [5.41, 5.74) is 2.70. The molecule has 1 fully saturated rings. The first-order chi connectivity index (χ1) is 13.1. The van der Waals surface area contributed by atoms with Crippen LogP contribution in [0.15, 0.2) is 42.7 Å². The van der Waals surface area contributed by atoms with E-state index in [1.165, 1.54) is 15.4 Å². The zero-order chi connectivity index (χ0) is 18.8. The molecule has 0 aliphatic carbocycles. The van der Waals surface area contributed by atoms with Gasteiger partial charge in [-0.3, -0.25) is 14.8 Å². The van der Waals surface area contributed by atoms with Crippen LogP contribution >= 0.6 is 11.3 Å². The maximum absolute atomic E-state index is 11.9. The van der Waals surface area contributed by atoms with Crippen molar-refractivity contribution >= 4 is 17.2 Å². The van der Waals surface area contributed by atoms with Crippen molar-refractivity contribution in [2.45, 2.75) is 32.4 Å². The maximum atomic E-state index is 11.9. The van der Waals surface area contributed by atoms with E-state index in [0.29, 0.717) is 24.2 Å². The molecule has 3 aromatic rings. The van der Waals surface area contributed by atoms with Crippen LogP contribution in [0.4, 0.5) is 0 Å². The van der Waals surface area contributed by atoms with Crippen LogP contribution in [0, 0.1) is 0 Å². The number of hydrogen-bond acceptors (Lipinski definition) is 5. The zero-order valence-electron chi connectivity index (χ0n) is 15.5. The van der Waals surface area contributed by atoms with Crippen molar-refractivity contribution in [2.24, 2.45) is 0 Å². The SMILES string of the molecule is CC(C)N1CC(c2ncc(-c3ccc(CNC(=O)c4ccn[nH]4)cc3)s2)C1. The maximum Gasteiger partial charge on any atom is 0.269 e. The van der Waals surface area contributed by atoms with E-state index < -0.39 is 0 Å². The highest BCUT2D eigenvalue weighted by Gasteiger charge is 2.31. The number of likely N-dealkylation sites (tertiary alicyclic amines) is 1. The Kier molecular flexibility index (Phi) is 5.05. The molecule has 1 saturated heterocycles. The number of hydrogen-bond donors (Lipinski definition) is 2. The predicted molar refractivity (Wildman–Crippen MR) is 107 cm³/mol. The quantitative estimate of drug-likeness (QED) is 0.687. The molecule has 0 unspecified atom stereocenters. The fourth-order valence-electron chi connectivity index (χ4n) is 3.15. The van der Waals surface area contributed by atoms with E-state index in [4.69, 9.17) is 0 Å². The van der Waals surface area contributed by atoms with Crippen molar-refractivity contribution < 1.29 is 4.79 Å². The van der Waals surface area contributed by atoms with Gasteiger partial charge in [-0.05, 0) is 31.0 Å². The summed E-state index contributed by atoms with van der Waals surface area (Å²) in [6, 6.07) is 10.5. The van der Waals surface area contributed by atoms with Crippen molar-refractivity contribution in [3.63, 3.8) is 0 Å². The molecule has 2 aromatic heterocycles. The fraction of sp³-hybridized carbons (Fsp3) is 0.350. The van der Waals surface area contributed by atoms with Crippen molar-refractivity contribution in [1.82, 2.24) is 25.4 Å². The standard InChI is InChI=1S/C20H23N5OS/c1-13(2)25-11-16(12-25)20-22-10-18(27-20)15-5-3-14(4-6-15)9-21-19(26)17-7-8-23-24-17/h3-8,10,13,16H,9,11-12H2,1-2H3,(H,21,26)(H,23,24).